The predicted octanol–water partition coefficient (Wildman–Crippen LogP) is 2.08. The van der Waals surface area contributed by atoms with Crippen LogP contribution in [-0.2, 0) is 4.74 Å². The zero-order chi connectivity index (χ0) is 15.6. The number of hydrogen-bond acceptors (Lipinski definition) is 3. The Labute approximate surface area is 134 Å². The van der Waals surface area contributed by atoms with Crippen molar-refractivity contribution in [1.82, 2.24) is 5.32 Å². The van der Waals surface area contributed by atoms with E-state index in [4.69, 9.17) is 4.74 Å². The lowest BCUT2D eigenvalue weighted by Crippen LogP contribution is -2.43. The molecule has 0 aromatic heterocycles. The van der Waals surface area contributed by atoms with Gasteiger partial charge in [0.1, 0.15) is 5.76 Å². The normalized spacial score (nSPS) is 18.7. The van der Waals surface area contributed by atoms with Crippen LogP contribution in [0.1, 0.15) is 23.2 Å². The molecule has 1 N–H and O–H groups in total. The number of rotatable bonds is 2. The van der Waals surface area contributed by atoms with Crippen molar-refractivity contribution in [3.05, 3.63) is 82.4 Å². The summed E-state index contributed by atoms with van der Waals surface area (Å²) >= 11 is 0. The van der Waals surface area contributed by atoms with Crippen LogP contribution in [0.15, 0.2) is 66.4 Å². The molecule has 23 heavy (non-hydrogen) atoms. The first-order chi connectivity index (χ1) is 11.3. The van der Waals surface area contributed by atoms with Gasteiger partial charge in [-0.2, -0.15) is 0 Å². The minimum Gasteiger partial charge on any atom is -0.427 e. The molecular weight excluding hydrogens is 286 g/mol. The van der Waals surface area contributed by atoms with Crippen LogP contribution in [0.4, 0.5) is 0 Å². The van der Waals surface area contributed by atoms with Gasteiger partial charge in [-0.05, 0) is 40.6 Å². The molecule has 0 saturated heterocycles. The van der Waals surface area contributed by atoms with E-state index in [0.29, 0.717) is 11.6 Å². The van der Waals surface area contributed by atoms with Crippen molar-refractivity contribution in [1.29, 1.82) is 0 Å². The molecular formula is C20H17NO2. The van der Waals surface area contributed by atoms with Gasteiger partial charge in [0.05, 0.1) is 11.6 Å². The van der Waals surface area contributed by atoms with Crippen LogP contribution in [0.2, 0.25) is 0 Å². The number of carbonyl (C=O) groups excluding carboxylic acids is 1. The van der Waals surface area contributed by atoms with Crippen molar-refractivity contribution >= 4 is 17.7 Å². The van der Waals surface area contributed by atoms with Crippen LogP contribution in [0.25, 0.3) is 11.8 Å². The van der Waals surface area contributed by atoms with E-state index in [0.717, 1.165) is 18.6 Å². The first-order valence-corrected chi connectivity index (χ1v) is 7.84. The second kappa shape index (κ2) is 5.76. The second-order valence-electron chi connectivity index (χ2n) is 5.81. The van der Waals surface area contributed by atoms with E-state index in [1.807, 2.05) is 36.4 Å². The summed E-state index contributed by atoms with van der Waals surface area (Å²) in [6.45, 7) is 0. The molecule has 3 heteroatoms. The zero-order valence-electron chi connectivity index (χ0n) is 12.7. The summed E-state index contributed by atoms with van der Waals surface area (Å²) in [6.07, 6.45) is 5.77. The van der Waals surface area contributed by atoms with Crippen molar-refractivity contribution in [2.24, 2.45) is 0 Å². The molecule has 1 aliphatic carbocycles. The number of benzene rings is 2. The SMILES string of the molecule is O=C(OC1=CC2=c3ccccc3=CNC2CC1)c1ccccc1. The molecule has 0 fully saturated rings. The number of ether oxygens (including phenoxy) is 1. The number of nitrogens with one attached hydrogen (secondary N) is 1. The van der Waals surface area contributed by atoms with Crippen LogP contribution in [-0.4, -0.2) is 12.0 Å². The van der Waals surface area contributed by atoms with Gasteiger partial charge in [-0.25, -0.2) is 4.79 Å². The fourth-order valence-corrected chi connectivity index (χ4v) is 3.14. The Balaban J connectivity index is 1.69. The smallest absolute Gasteiger partial charge is 0.343 e. The molecule has 0 spiro atoms. The first kappa shape index (κ1) is 13.8. The Morgan fingerprint density at radius 2 is 1.83 bits per heavy atom. The van der Waals surface area contributed by atoms with Crippen LogP contribution >= 0.6 is 0 Å². The van der Waals surface area contributed by atoms with Crippen LogP contribution < -0.4 is 15.8 Å². The maximum Gasteiger partial charge on any atom is 0.343 e. The summed E-state index contributed by atoms with van der Waals surface area (Å²) < 4.78 is 5.60. The average molecular weight is 303 g/mol. The van der Waals surface area contributed by atoms with Crippen molar-refractivity contribution in [3.63, 3.8) is 0 Å². The molecule has 1 unspecified atom stereocenters. The van der Waals surface area contributed by atoms with E-state index in [1.54, 1.807) is 12.1 Å². The lowest BCUT2D eigenvalue weighted by Gasteiger charge is -2.27. The van der Waals surface area contributed by atoms with E-state index in [-0.39, 0.29) is 5.97 Å². The highest BCUT2D eigenvalue weighted by atomic mass is 16.5. The third-order valence-corrected chi connectivity index (χ3v) is 4.32. The largest absolute Gasteiger partial charge is 0.427 e. The third kappa shape index (κ3) is 2.66. The molecule has 4 rings (SSSR count). The average Bonchev–Trinajstić information content (AvgIpc) is 2.62. The maximum absolute atomic E-state index is 12.2. The molecule has 1 heterocycles. The summed E-state index contributed by atoms with van der Waals surface area (Å²) in [5.41, 5.74) is 1.78. The van der Waals surface area contributed by atoms with Gasteiger partial charge in [0.15, 0.2) is 0 Å². The summed E-state index contributed by atoms with van der Waals surface area (Å²) in [5, 5.41) is 5.82. The number of hydrogen-bond donors (Lipinski definition) is 1. The zero-order valence-corrected chi connectivity index (χ0v) is 12.7. The topological polar surface area (TPSA) is 38.3 Å². The summed E-state index contributed by atoms with van der Waals surface area (Å²) in [4.78, 5) is 12.2. The summed E-state index contributed by atoms with van der Waals surface area (Å²) in [5.74, 6) is 0.447. The van der Waals surface area contributed by atoms with Gasteiger partial charge in [-0.15, -0.1) is 0 Å². The summed E-state index contributed by atoms with van der Waals surface area (Å²) in [7, 11) is 0. The number of fused-ring (bicyclic) bond motifs is 2. The van der Waals surface area contributed by atoms with Crippen molar-refractivity contribution < 1.29 is 9.53 Å². The van der Waals surface area contributed by atoms with Crippen LogP contribution in [0, 0.1) is 0 Å². The number of esters is 1. The Hall–Kier alpha value is -2.81. The minimum atomic E-state index is -0.292. The number of allylic oxidation sites excluding steroid dienone is 1. The monoisotopic (exact) mass is 303 g/mol. The van der Waals surface area contributed by atoms with Crippen molar-refractivity contribution in [2.45, 2.75) is 18.9 Å². The molecule has 0 bridgehead atoms. The molecule has 114 valence electrons. The van der Waals surface area contributed by atoms with E-state index in [2.05, 4.69) is 23.6 Å². The molecule has 2 aromatic carbocycles. The van der Waals surface area contributed by atoms with Crippen LogP contribution in [0.5, 0.6) is 0 Å². The molecule has 1 aliphatic heterocycles. The molecule has 2 aromatic rings. The molecule has 2 aliphatic rings. The van der Waals surface area contributed by atoms with Crippen LogP contribution in [0.3, 0.4) is 0 Å². The highest BCUT2D eigenvalue weighted by Crippen LogP contribution is 2.25. The van der Waals surface area contributed by atoms with Gasteiger partial charge in [0.25, 0.3) is 0 Å². The van der Waals surface area contributed by atoms with E-state index < -0.39 is 0 Å². The molecule has 0 radical (unpaired) electrons. The first-order valence-electron chi connectivity index (χ1n) is 7.84. The fourth-order valence-electron chi connectivity index (χ4n) is 3.14. The number of carbonyl (C=O) groups is 1. The second-order valence-corrected chi connectivity index (χ2v) is 5.81. The van der Waals surface area contributed by atoms with Gasteiger partial charge >= 0.3 is 5.97 Å². The molecule has 1 atom stereocenters. The lowest BCUT2D eigenvalue weighted by atomic mass is 9.91. The third-order valence-electron chi connectivity index (χ3n) is 4.32. The van der Waals surface area contributed by atoms with Crippen molar-refractivity contribution in [3.8, 4) is 0 Å². The Morgan fingerprint density at radius 3 is 2.70 bits per heavy atom. The molecule has 0 amide bonds. The maximum atomic E-state index is 12.2. The van der Waals surface area contributed by atoms with E-state index in [1.165, 1.54) is 16.0 Å². The Kier molecular flexibility index (Phi) is 3.46. The minimum absolute atomic E-state index is 0.292. The van der Waals surface area contributed by atoms with Gasteiger partial charge in [0.2, 0.25) is 0 Å². The highest BCUT2D eigenvalue weighted by Gasteiger charge is 2.23. The van der Waals surface area contributed by atoms with Gasteiger partial charge in [-0.3, -0.25) is 0 Å². The summed E-state index contributed by atoms with van der Waals surface area (Å²) in [6, 6.07) is 17.7. The highest BCUT2D eigenvalue weighted by molar-refractivity contribution is 5.90. The fraction of sp³-hybridized carbons (Fsp3) is 0.150. The molecule has 3 nitrogen and oxygen atoms in total. The predicted molar refractivity (Wildman–Crippen MR) is 89.7 cm³/mol. The van der Waals surface area contributed by atoms with E-state index >= 15 is 0 Å². The van der Waals surface area contributed by atoms with Crippen molar-refractivity contribution in [2.75, 3.05) is 0 Å². The Bertz CT molecular complexity index is 897. The van der Waals surface area contributed by atoms with E-state index in [9.17, 15) is 4.79 Å². The quantitative estimate of drug-likeness (QED) is 0.863. The Morgan fingerprint density at radius 1 is 1.04 bits per heavy atom. The van der Waals surface area contributed by atoms with Gasteiger partial charge in [-0.1, -0.05) is 42.5 Å². The molecule has 0 saturated carbocycles. The standard InChI is InChI=1S/C20H17NO2/c22-20(14-6-2-1-3-7-14)23-16-10-11-19-18(12-16)17-9-5-4-8-15(17)13-21-19/h1-9,12-13,19,21H,10-11H2. The van der Waals surface area contributed by atoms with Gasteiger partial charge in [0, 0.05) is 12.6 Å². The van der Waals surface area contributed by atoms with Gasteiger partial charge < -0.3 is 10.1 Å². The lowest BCUT2D eigenvalue weighted by molar-refractivity contribution is 0.0610.